The Labute approximate surface area is 116 Å². The number of Topliss-reactive ketones (excluding diaryl/α,β-unsaturated/α-hetero) is 1. The van der Waals surface area contributed by atoms with E-state index in [0.717, 1.165) is 5.56 Å². The second-order valence-corrected chi connectivity index (χ2v) is 7.80. The lowest BCUT2D eigenvalue weighted by Gasteiger charge is -2.26. The first-order valence-corrected chi connectivity index (χ1v) is 8.64. The number of carbonyl (C=O) groups is 2. The average Bonchev–Trinajstić information content (AvgIpc) is 2.77. The van der Waals surface area contributed by atoms with Gasteiger partial charge in [-0.1, -0.05) is 0 Å². The van der Waals surface area contributed by atoms with Gasteiger partial charge in [0, 0.05) is 13.1 Å². The Balaban J connectivity index is 1.96. The molecule has 1 aliphatic heterocycles. The maximum atomic E-state index is 12.0. The van der Waals surface area contributed by atoms with Gasteiger partial charge < -0.3 is 4.90 Å². The Morgan fingerprint density at radius 1 is 1.32 bits per heavy atom. The molecule has 1 saturated heterocycles. The van der Waals surface area contributed by atoms with Crippen LogP contribution in [0.3, 0.4) is 0 Å². The zero-order chi connectivity index (χ0) is 14.0. The van der Waals surface area contributed by atoms with Gasteiger partial charge in [-0.15, -0.1) is 11.3 Å². The lowest BCUT2D eigenvalue weighted by Crippen LogP contribution is -2.44. The van der Waals surface area contributed by atoms with Crippen LogP contribution in [0.4, 0.5) is 0 Å². The van der Waals surface area contributed by atoms with Crippen LogP contribution < -0.4 is 0 Å². The van der Waals surface area contributed by atoms with Crippen LogP contribution in [-0.4, -0.2) is 49.6 Å². The molecule has 1 aromatic rings. The highest BCUT2D eigenvalue weighted by Crippen LogP contribution is 2.17. The van der Waals surface area contributed by atoms with Gasteiger partial charge in [-0.25, -0.2) is 8.42 Å². The highest BCUT2D eigenvalue weighted by molar-refractivity contribution is 7.91. The van der Waals surface area contributed by atoms with Crippen molar-refractivity contribution in [3.05, 3.63) is 21.9 Å². The van der Waals surface area contributed by atoms with Crippen LogP contribution in [0.25, 0.3) is 0 Å². The molecule has 1 fully saturated rings. The van der Waals surface area contributed by atoms with E-state index >= 15 is 0 Å². The Bertz CT molecular complexity index is 589. The molecule has 0 bridgehead atoms. The minimum absolute atomic E-state index is 0.00670. The number of thiophene rings is 1. The van der Waals surface area contributed by atoms with Crippen LogP contribution in [0, 0.1) is 0 Å². The van der Waals surface area contributed by atoms with Gasteiger partial charge in [0.15, 0.2) is 15.6 Å². The fraction of sp³-hybridized carbons (Fsp3) is 0.500. The van der Waals surface area contributed by atoms with E-state index in [9.17, 15) is 18.0 Å². The van der Waals surface area contributed by atoms with E-state index in [0.29, 0.717) is 4.88 Å². The zero-order valence-corrected chi connectivity index (χ0v) is 12.2. The second-order valence-electron chi connectivity index (χ2n) is 4.58. The molecule has 0 radical (unpaired) electrons. The van der Waals surface area contributed by atoms with E-state index in [4.69, 9.17) is 0 Å². The molecule has 2 heterocycles. The summed E-state index contributed by atoms with van der Waals surface area (Å²) in [6, 6.07) is 1.73. The summed E-state index contributed by atoms with van der Waals surface area (Å²) in [5.41, 5.74) is 0.814. The predicted molar refractivity (Wildman–Crippen MR) is 73.3 cm³/mol. The largest absolute Gasteiger partial charge is 0.340 e. The lowest BCUT2D eigenvalue weighted by molar-refractivity contribution is -0.130. The number of ketones is 1. The highest BCUT2D eigenvalue weighted by atomic mass is 32.2. The van der Waals surface area contributed by atoms with Gasteiger partial charge >= 0.3 is 0 Å². The van der Waals surface area contributed by atoms with E-state index in [2.05, 4.69) is 0 Å². The van der Waals surface area contributed by atoms with Gasteiger partial charge in [0.1, 0.15) is 0 Å². The Morgan fingerprint density at radius 3 is 2.47 bits per heavy atom. The smallest absolute Gasteiger partial charge is 0.227 e. The van der Waals surface area contributed by atoms with Crippen LogP contribution in [0.1, 0.15) is 22.2 Å². The molecule has 0 atom stereocenters. The molecule has 1 amide bonds. The molecule has 2 rings (SSSR count). The molecule has 0 aliphatic carbocycles. The zero-order valence-electron chi connectivity index (χ0n) is 10.6. The molecule has 0 spiro atoms. The number of hydrogen-bond acceptors (Lipinski definition) is 5. The van der Waals surface area contributed by atoms with Crippen LogP contribution in [0.15, 0.2) is 11.4 Å². The molecule has 0 saturated carbocycles. The van der Waals surface area contributed by atoms with Gasteiger partial charge in [0.05, 0.1) is 22.8 Å². The first kappa shape index (κ1) is 14.2. The highest BCUT2D eigenvalue weighted by Gasteiger charge is 2.25. The summed E-state index contributed by atoms with van der Waals surface area (Å²) in [4.78, 5) is 25.4. The number of carbonyl (C=O) groups excluding carboxylic acids is 2. The molecule has 19 heavy (non-hydrogen) atoms. The maximum absolute atomic E-state index is 12.0. The van der Waals surface area contributed by atoms with E-state index in [1.165, 1.54) is 18.3 Å². The van der Waals surface area contributed by atoms with Crippen LogP contribution in [-0.2, 0) is 21.1 Å². The third kappa shape index (κ3) is 3.63. The summed E-state index contributed by atoms with van der Waals surface area (Å²) in [6.45, 7) is 2.03. The van der Waals surface area contributed by atoms with Crippen molar-refractivity contribution in [1.82, 2.24) is 4.90 Å². The van der Waals surface area contributed by atoms with Gasteiger partial charge in [0.25, 0.3) is 0 Å². The van der Waals surface area contributed by atoms with Gasteiger partial charge in [0.2, 0.25) is 5.91 Å². The maximum Gasteiger partial charge on any atom is 0.227 e. The number of rotatable bonds is 3. The van der Waals surface area contributed by atoms with Crippen molar-refractivity contribution in [3.63, 3.8) is 0 Å². The molecule has 7 heteroatoms. The Kier molecular flexibility index (Phi) is 4.05. The molecule has 0 unspecified atom stereocenters. The number of hydrogen-bond donors (Lipinski definition) is 0. The number of sulfone groups is 1. The summed E-state index contributed by atoms with van der Waals surface area (Å²) < 4.78 is 22.6. The first-order valence-electron chi connectivity index (χ1n) is 5.94. The summed E-state index contributed by atoms with van der Waals surface area (Å²) >= 11 is 1.33. The van der Waals surface area contributed by atoms with Crippen molar-refractivity contribution in [2.24, 2.45) is 0 Å². The average molecular weight is 301 g/mol. The summed E-state index contributed by atoms with van der Waals surface area (Å²) in [6.07, 6.45) is 0.226. The van der Waals surface area contributed by atoms with E-state index < -0.39 is 9.84 Å². The first-order chi connectivity index (χ1) is 8.87. The van der Waals surface area contributed by atoms with Crippen molar-refractivity contribution in [3.8, 4) is 0 Å². The van der Waals surface area contributed by atoms with Gasteiger partial charge in [-0.05, 0) is 23.9 Å². The normalized spacial score (nSPS) is 18.3. The fourth-order valence-corrected chi connectivity index (χ4v) is 3.92. The molecule has 104 valence electrons. The third-order valence-corrected chi connectivity index (χ3v) is 5.74. The van der Waals surface area contributed by atoms with Crippen LogP contribution >= 0.6 is 11.3 Å². The predicted octanol–water partition coefficient (Wildman–Crippen LogP) is 0.750. The third-order valence-electron chi connectivity index (χ3n) is 3.05. The monoisotopic (exact) mass is 301 g/mol. The molecule has 0 aromatic carbocycles. The van der Waals surface area contributed by atoms with Crippen LogP contribution in [0.5, 0.6) is 0 Å². The molecular formula is C12H15NO4S2. The van der Waals surface area contributed by atoms with Crippen molar-refractivity contribution in [2.45, 2.75) is 13.3 Å². The van der Waals surface area contributed by atoms with Crippen molar-refractivity contribution in [1.29, 1.82) is 0 Å². The van der Waals surface area contributed by atoms with Crippen LogP contribution in [0.2, 0.25) is 0 Å². The molecule has 1 aliphatic rings. The summed E-state index contributed by atoms with van der Waals surface area (Å²) in [5, 5.41) is 1.80. The number of nitrogens with zero attached hydrogens (tertiary/aromatic N) is 1. The van der Waals surface area contributed by atoms with Crippen molar-refractivity contribution in [2.75, 3.05) is 24.6 Å². The summed E-state index contributed by atoms with van der Waals surface area (Å²) in [5.74, 6) is -0.00198. The molecular weight excluding hydrogens is 286 g/mol. The standard InChI is InChI=1S/C12H15NO4S2/c1-9(14)11-6-10(8-18-11)7-12(15)13-2-4-19(16,17)5-3-13/h6,8H,2-5,7H2,1H3. The van der Waals surface area contributed by atoms with Crippen molar-refractivity contribution >= 4 is 32.9 Å². The van der Waals surface area contributed by atoms with Gasteiger partial charge in [-0.2, -0.15) is 0 Å². The fourth-order valence-electron chi connectivity index (χ4n) is 1.90. The Hall–Kier alpha value is -1.21. The van der Waals surface area contributed by atoms with E-state index in [1.54, 1.807) is 16.3 Å². The summed E-state index contributed by atoms with van der Waals surface area (Å²) in [7, 11) is -2.97. The number of amides is 1. The minimum Gasteiger partial charge on any atom is -0.340 e. The molecule has 1 aromatic heterocycles. The Morgan fingerprint density at radius 2 is 1.95 bits per heavy atom. The van der Waals surface area contributed by atoms with E-state index in [-0.39, 0.29) is 42.7 Å². The molecule has 5 nitrogen and oxygen atoms in total. The van der Waals surface area contributed by atoms with Crippen molar-refractivity contribution < 1.29 is 18.0 Å². The lowest BCUT2D eigenvalue weighted by atomic mass is 10.2. The minimum atomic E-state index is -2.97. The SMILES string of the molecule is CC(=O)c1cc(CC(=O)N2CCS(=O)(=O)CC2)cs1. The quantitative estimate of drug-likeness (QED) is 0.772. The topological polar surface area (TPSA) is 71.5 Å². The van der Waals surface area contributed by atoms with E-state index in [1.807, 2.05) is 0 Å². The van der Waals surface area contributed by atoms with Gasteiger partial charge in [-0.3, -0.25) is 9.59 Å². The molecule has 0 N–H and O–H groups in total. The second kappa shape index (κ2) is 5.42.